The molecule has 0 spiro atoms. The van der Waals surface area contributed by atoms with Crippen LogP contribution in [0.3, 0.4) is 0 Å². The molecular weight excluding hydrogens is 172 g/mol. The number of carbonyl (C=O) groups is 2. The predicted molar refractivity (Wildman–Crippen MR) is 46.1 cm³/mol. The number of carbonyl (C=O) groups excluding carboxylic acids is 2. The molecule has 1 aliphatic rings. The summed E-state index contributed by atoms with van der Waals surface area (Å²) in [4.78, 5) is 23.2. The van der Waals surface area contributed by atoms with Gasteiger partial charge >= 0.3 is 0 Å². The van der Waals surface area contributed by atoms with Gasteiger partial charge in [0.1, 0.15) is 0 Å². The lowest BCUT2D eigenvalue weighted by atomic mass is 10.2. The monoisotopic (exact) mass is 186 g/mol. The molecule has 0 amide bonds. The van der Waals surface area contributed by atoms with Crippen molar-refractivity contribution in [3.63, 3.8) is 0 Å². The number of hydrogen-bond donors (Lipinski definition) is 2. The van der Waals surface area contributed by atoms with E-state index in [2.05, 4.69) is 5.32 Å². The Kier molecular flexibility index (Phi) is 4.01. The van der Waals surface area contributed by atoms with Gasteiger partial charge in [-0.2, -0.15) is 0 Å². The Labute approximate surface area is 76.7 Å². The second-order valence-corrected chi connectivity index (χ2v) is 3.04. The van der Waals surface area contributed by atoms with Crippen LogP contribution in [0.25, 0.3) is 0 Å². The van der Waals surface area contributed by atoms with E-state index in [0.29, 0.717) is 32.5 Å². The summed E-state index contributed by atoms with van der Waals surface area (Å²) < 4.78 is 0. The Morgan fingerprint density at radius 1 is 1.69 bits per heavy atom. The van der Waals surface area contributed by atoms with Crippen LogP contribution in [0.5, 0.6) is 0 Å². The molecule has 1 saturated heterocycles. The summed E-state index contributed by atoms with van der Waals surface area (Å²) in [5.41, 5.74) is 0. The first-order valence-corrected chi connectivity index (χ1v) is 4.34. The van der Waals surface area contributed by atoms with Crippen molar-refractivity contribution in [2.75, 3.05) is 26.4 Å². The fourth-order valence-corrected chi connectivity index (χ4v) is 1.45. The van der Waals surface area contributed by atoms with Crippen molar-refractivity contribution in [3.8, 4) is 0 Å². The van der Waals surface area contributed by atoms with Gasteiger partial charge in [-0.3, -0.25) is 14.5 Å². The Bertz CT molecular complexity index is 196. The molecule has 5 heteroatoms. The maximum atomic E-state index is 11.1. The number of aldehydes is 1. The summed E-state index contributed by atoms with van der Waals surface area (Å²) in [6.45, 7) is 1.90. The first-order valence-electron chi connectivity index (χ1n) is 4.34. The highest BCUT2D eigenvalue weighted by molar-refractivity contribution is 6.27. The van der Waals surface area contributed by atoms with Gasteiger partial charge in [-0.25, -0.2) is 0 Å². The SMILES string of the molecule is O=CC(=O)C1CNCN1CCCO. The largest absolute Gasteiger partial charge is 0.396 e. The van der Waals surface area contributed by atoms with Crippen molar-refractivity contribution >= 4 is 12.1 Å². The smallest absolute Gasteiger partial charge is 0.213 e. The number of hydrogen-bond acceptors (Lipinski definition) is 5. The van der Waals surface area contributed by atoms with Gasteiger partial charge in [0.25, 0.3) is 0 Å². The van der Waals surface area contributed by atoms with E-state index in [1.54, 1.807) is 0 Å². The number of nitrogens with zero attached hydrogens (tertiary/aromatic N) is 1. The lowest BCUT2D eigenvalue weighted by Crippen LogP contribution is -2.39. The number of aliphatic hydroxyl groups is 1. The zero-order valence-electron chi connectivity index (χ0n) is 7.40. The third-order valence-electron chi connectivity index (χ3n) is 2.14. The number of Topliss-reactive ketones (excluding diaryl/α,β-unsaturated/α-hetero) is 1. The van der Waals surface area contributed by atoms with Crippen molar-refractivity contribution in [3.05, 3.63) is 0 Å². The van der Waals surface area contributed by atoms with Gasteiger partial charge < -0.3 is 10.4 Å². The van der Waals surface area contributed by atoms with E-state index < -0.39 is 0 Å². The second-order valence-electron chi connectivity index (χ2n) is 3.04. The van der Waals surface area contributed by atoms with Gasteiger partial charge in [-0.1, -0.05) is 0 Å². The molecule has 0 radical (unpaired) electrons. The van der Waals surface area contributed by atoms with E-state index in [4.69, 9.17) is 5.11 Å². The van der Waals surface area contributed by atoms with Crippen LogP contribution < -0.4 is 5.32 Å². The maximum Gasteiger partial charge on any atom is 0.213 e. The lowest BCUT2D eigenvalue weighted by molar-refractivity contribution is -0.132. The summed E-state index contributed by atoms with van der Waals surface area (Å²) in [6, 6.07) is -0.330. The molecule has 74 valence electrons. The van der Waals surface area contributed by atoms with Crippen molar-refractivity contribution in [1.82, 2.24) is 10.2 Å². The highest BCUT2D eigenvalue weighted by Gasteiger charge is 2.29. The molecule has 0 bridgehead atoms. The van der Waals surface area contributed by atoms with Crippen LogP contribution >= 0.6 is 0 Å². The summed E-state index contributed by atoms with van der Waals surface area (Å²) >= 11 is 0. The zero-order chi connectivity index (χ0) is 9.68. The van der Waals surface area contributed by atoms with Gasteiger partial charge in [0.2, 0.25) is 5.78 Å². The Hall–Kier alpha value is -0.780. The molecule has 1 rings (SSSR count). The van der Waals surface area contributed by atoms with Crippen LogP contribution in [-0.4, -0.2) is 54.5 Å². The average Bonchev–Trinajstić information content (AvgIpc) is 2.61. The molecule has 0 aromatic rings. The predicted octanol–water partition coefficient (Wildman–Crippen LogP) is -1.63. The third kappa shape index (κ3) is 2.58. The third-order valence-corrected chi connectivity index (χ3v) is 2.14. The van der Waals surface area contributed by atoms with Gasteiger partial charge in [-0.05, 0) is 6.42 Å². The second kappa shape index (κ2) is 5.06. The van der Waals surface area contributed by atoms with E-state index in [-0.39, 0.29) is 18.4 Å². The van der Waals surface area contributed by atoms with Crippen molar-refractivity contribution in [1.29, 1.82) is 0 Å². The van der Waals surface area contributed by atoms with E-state index >= 15 is 0 Å². The van der Waals surface area contributed by atoms with Crippen LogP contribution in [0.15, 0.2) is 0 Å². The van der Waals surface area contributed by atoms with Crippen molar-refractivity contribution < 1.29 is 14.7 Å². The lowest BCUT2D eigenvalue weighted by Gasteiger charge is -2.19. The van der Waals surface area contributed by atoms with Gasteiger partial charge in [0.15, 0.2) is 6.29 Å². The Morgan fingerprint density at radius 2 is 2.46 bits per heavy atom. The fourth-order valence-electron chi connectivity index (χ4n) is 1.45. The van der Waals surface area contributed by atoms with Gasteiger partial charge in [0.05, 0.1) is 6.04 Å². The number of rotatable bonds is 5. The minimum atomic E-state index is -0.386. The van der Waals surface area contributed by atoms with E-state index in [9.17, 15) is 9.59 Å². The van der Waals surface area contributed by atoms with E-state index in [0.717, 1.165) is 0 Å². The summed E-state index contributed by atoms with van der Waals surface area (Å²) in [5, 5.41) is 11.6. The molecule has 1 fully saturated rings. The van der Waals surface area contributed by atoms with Crippen molar-refractivity contribution in [2.24, 2.45) is 0 Å². The number of aliphatic hydroxyl groups excluding tert-OH is 1. The molecule has 2 N–H and O–H groups in total. The average molecular weight is 186 g/mol. The zero-order valence-corrected chi connectivity index (χ0v) is 7.40. The fraction of sp³-hybridized carbons (Fsp3) is 0.750. The molecule has 0 aromatic carbocycles. The minimum absolute atomic E-state index is 0.110. The number of nitrogens with one attached hydrogen (secondary N) is 1. The van der Waals surface area contributed by atoms with Crippen LogP contribution in [0, 0.1) is 0 Å². The normalized spacial score (nSPS) is 23.3. The van der Waals surface area contributed by atoms with Gasteiger partial charge in [-0.15, -0.1) is 0 Å². The highest BCUT2D eigenvalue weighted by atomic mass is 16.3. The van der Waals surface area contributed by atoms with Crippen LogP contribution in [0.1, 0.15) is 6.42 Å². The Morgan fingerprint density at radius 3 is 3.08 bits per heavy atom. The Balaban J connectivity index is 2.43. The molecule has 1 aliphatic heterocycles. The van der Waals surface area contributed by atoms with Crippen molar-refractivity contribution in [2.45, 2.75) is 12.5 Å². The van der Waals surface area contributed by atoms with Crippen LogP contribution in [0.2, 0.25) is 0 Å². The maximum absolute atomic E-state index is 11.1. The molecule has 1 heterocycles. The quantitative estimate of drug-likeness (QED) is 0.398. The number of ketones is 1. The van der Waals surface area contributed by atoms with Crippen LogP contribution in [0.4, 0.5) is 0 Å². The molecule has 1 atom stereocenters. The van der Waals surface area contributed by atoms with E-state index in [1.807, 2.05) is 4.90 Å². The first-order chi connectivity index (χ1) is 6.29. The molecular formula is C8H14N2O3. The molecule has 13 heavy (non-hydrogen) atoms. The minimum Gasteiger partial charge on any atom is -0.396 e. The molecule has 5 nitrogen and oxygen atoms in total. The van der Waals surface area contributed by atoms with Gasteiger partial charge in [0, 0.05) is 26.4 Å². The summed E-state index contributed by atoms with van der Waals surface area (Å²) in [7, 11) is 0. The summed E-state index contributed by atoms with van der Waals surface area (Å²) in [5.74, 6) is -0.386. The molecule has 0 aromatic heterocycles. The topological polar surface area (TPSA) is 69.6 Å². The highest BCUT2D eigenvalue weighted by Crippen LogP contribution is 2.05. The van der Waals surface area contributed by atoms with Crippen LogP contribution in [-0.2, 0) is 9.59 Å². The molecule has 0 aliphatic carbocycles. The first kappa shape index (κ1) is 10.3. The van der Waals surface area contributed by atoms with E-state index in [1.165, 1.54) is 0 Å². The summed E-state index contributed by atoms with van der Waals surface area (Å²) in [6.07, 6.45) is 0.994. The molecule has 1 unspecified atom stereocenters. The molecule has 0 saturated carbocycles. The standard InChI is InChI=1S/C8H14N2O3/c11-3-1-2-10-6-9-4-7(10)8(13)5-12/h5,7,9,11H,1-4,6H2.